The second-order valence-electron chi connectivity index (χ2n) is 5.71. The summed E-state index contributed by atoms with van der Waals surface area (Å²) < 4.78 is 0. The van der Waals surface area contributed by atoms with Gasteiger partial charge in [-0.25, -0.2) is 0 Å². The van der Waals surface area contributed by atoms with Crippen molar-refractivity contribution in [3.8, 4) is 0 Å². The Morgan fingerprint density at radius 1 is 0.762 bits per heavy atom. The van der Waals surface area contributed by atoms with E-state index in [0.29, 0.717) is 6.04 Å². The van der Waals surface area contributed by atoms with Crippen LogP contribution in [0, 0.1) is 0 Å². The number of aliphatic hydroxyl groups excluding tert-OH is 1. The molecule has 2 atom stereocenters. The molecule has 0 aromatic heterocycles. The van der Waals surface area contributed by atoms with Crippen LogP contribution in [0.5, 0.6) is 0 Å². The molecule has 1 aliphatic carbocycles. The molecule has 2 unspecified atom stereocenters. The zero-order valence-electron chi connectivity index (χ0n) is 13.4. The molecule has 0 aromatic carbocycles. The summed E-state index contributed by atoms with van der Waals surface area (Å²) in [5.41, 5.74) is 0. The molecule has 1 aliphatic heterocycles. The van der Waals surface area contributed by atoms with Crippen LogP contribution in [0.3, 0.4) is 0 Å². The van der Waals surface area contributed by atoms with Crippen LogP contribution >= 0.6 is 0 Å². The van der Waals surface area contributed by atoms with Crippen molar-refractivity contribution in [3.05, 3.63) is 0 Å². The molecule has 0 bridgehead atoms. The molecule has 120 valence electrons. The van der Waals surface area contributed by atoms with Gasteiger partial charge in [0.1, 0.15) is 0 Å². The first-order valence-electron chi connectivity index (χ1n) is 7.92. The van der Waals surface area contributed by atoms with E-state index in [2.05, 4.69) is 20.9 Å². The SMILES string of the molecule is OC1CCCCC1N1CCNCCNCCNCC1.[Cl-].[Li+]. The molecule has 21 heavy (non-hydrogen) atoms. The molecule has 0 spiro atoms. The van der Waals surface area contributed by atoms with Gasteiger partial charge in [0, 0.05) is 58.4 Å². The monoisotopic (exact) mass is 312 g/mol. The molecule has 4 N–H and O–H groups in total. The molecule has 2 rings (SSSR count). The van der Waals surface area contributed by atoms with Gasteiger partial charge in [-0.2, -0.15) is 0 Å². The summed E-state index contributed by atoms with van der Waals surface area (Å²) >= 11 is 0. The fourth-order valence-electron chi connectivity index (χ4n) is 3.13. The summed E-state index contributed by atoms with van der Waals surface area (Å²) in [4.78, 5) is 2.48. The van der Waals surface area contributed by atoms with Crippen molar-refractivity contribution in [2.45, 2.75) is 37.8 Å². The van der Waals surface area contributed by atoms with E-state index in [1.807, 2.05) is 0 Å². The Bertz CT molecular complexity index is 239. The molecule has 5 nitrogen and oxygen atoms in total. The molecule has 7 heteroatoms. The van der Waals surface area contributed by atoms with Gasteiger partial charge in [0.25, 0.3) is 0 Å². The summed E-state index contributed by atoms with van der Waals surface area (Å²) in [5.74, 6) is 0. The molecular formula is C14H30ClLiN4O. The van der Waals surface area contributed by atoms with Crippen molar-refractivity contribution in [1.82, 2.24) is 20.9 Å². The summed E-state index contributed by atoms with van der Waals surface area (Å²) in [6.45, 7) is 8.26. The van der Waals surface area contributed by atoms with Crippen molar-refractivity contribution in [2.24, 2.45) is 0 Å². The van der Waals surface area contributed by atoms with Gasteiger partial charge in [0.15, 0.2) is 0 Å². The number of aliphatic hydroxyl groups is 1. The van der Waals surface area contributed by atoms with Crippen LogP contribution in [0.4, 0.5) is 0 Å². The van der Waals surface area contributed by atoms with E-state index in [9.17, 15) is 5.11 Å². The minimum atomic E-state index is -0.122. The van der Waals surface area contributed by atoms with Crippen LogP contribution in [0.25, 0.3) is 0 Å². The molecule has 1 saturated heterocycles. The van der Waals surface area contributed by atoms with E-state index >= 15 is 0 Å². The third-order valence-electron chi connectivity index (χ3n) is 4.27. The molecule has 0 radical (unpaired) electrons. The molecule has 1 heterocycles. The minimum absolute atomic E-state index is 0. The first kappa shape index (κ1) is 21.7. The maximum atomic E-state index is 10.2. The number of halogens is 1. The number of rotatable bonds is 1. The Kier molecular flexibility index (Phi) is 13.6. The van der Waals surface area contributed by atoms with Crippen LogP contribution in [0.1, 0.15) is 25.7 Å². The standard InChI is InChI=1S/C14H30N4O.ClH.Li/c19-14-4-2-1-3-13(14)18-11-9-16-7-5-15-6-8-17-10-12-18;;/h13-17,19H,1-12H2;1H;/q;;+1/p-1. The van der Waals surface area contributed by atoms with Crippen molar-refractivity contribution < 1.29 is 36.4 Å². The van der Waals surface area contributed by atoms with E-state index in [4.69, 9.17) is 0 Å². The van der Waals surface area contributed by atoms with E-state index in [0.717, 1.165) is 65.2 Å². The van der Waals surface area contributed by atoms with E-state index in [1.54, 1.807) is 0 Å². The maximum Gasteiger partial charge on any atom is 1.00 e. The van der Waals surface area contributed by atoms with Gasteiger partial charge < -0.3 is 33.5 Å². The first-order valence-corrected chi connectivity index (χ1v) is 7.92. The Labute approximate surface area is 147 Å². The number of nitrogens with zero attached hydrogens (tertiary/aromatic N) is 1. The van der Waals surface area contributed by atoms with E-state index < -0.39 is 0 Å². The fourth-order valence-corrected chi connectivity index (χ4v) is 3.13. The van der Waals surface area contributed by atoms with Crippen LogP contribution in [0.15, 0.2) is 0 Å². The van der Waals surface area contributed by atoms with Gasteiger partial charge >= 0.3 is 18.9 Å². The number of hydrogen-bond acceptors (Lipinski definition) is 5. The predicted molar refractivity (Wildman–Crippen MR) is 78.4 cm³/mol. The fraction of sp³-hybridized carbons (Fsp3) is 1.00. The largest absolute Gasteiger partial charge is 1.00 e. The summed E-state index contributed by atoms with van der Waals surface area (Å²) in [5, 5.41) is 20.6. The Morgan fingerprint density at radius 2 is 1.24 bits per heavy atom. The Morgan fingerprint density at radius 3 is 1.76 bits per heavy atom. The van der Waals surface area contributed by atoms with Crippen molar-refractivity contribution in [3.63, 3.8) is 0 Å². The molecule has 0 amide bonds. The predicted octanol–water partition coefficient (Wildman–Crippen LogP) is -6.62. The average molecular weight is 313 g/mol. The second kappa shape index (κ2) is 13.2. The van der Waals surface area contributed by atoms with Crippen LogP contribution in [-0.4, -0.2) is 74.5 Å². The van der Waals surface area contributed by atoms with Gasteiger partial charge in [-0.05, 0) is 12.8 Å². The van der Waals surface area contributed by atoms with Crippen molar-refractivity contribution in [1.29, 1.82) is 0 Å². The third kappa shape index (κ3) is 8.20. The van der Waals surface area contributed by atoms with Crippen LogP contribution in [-0.2, 0) is 0 Å². The summed E-state index contributed by atoms with van der Waals surface area (Å²) in [6, 6.07) is 0.374. The van der Waals surface area contributed by atoms with Gasteiger partial charge in [0.2, 0.25) is 0 Å². The molecule has 2 aliphatic rings. The van der Waals surface area contributed by atoms with Gasteiger partial charge in [0.05, 0.1) is 6.10 Å². The van der Waals surface area contributed by atoms with Gasteiger partial charge in [-0.1, -0.05) is 12.8 Å². The van der Waals surface area contributed by atoms with Crippen molar-refractivity contribution in [2.75, 3.05) is 52.4 Å². The number of hydrogen-bond donors (Lipinski definition) is 4. The minimum Gasteiger partial charge on any atom is -1.00 e. The van der Waals surface area contributed by atoms with Gasteiger partial charge in [-0.15, -0.1) is 0 Å². The maximum absolute atomic E-state index is 10.2. The smallest absolute Gasteiger partial charge is 1.00 e. The average Bonchev–Trinajstić information content (AvgIpc) is 2.40. The van der Waals surface area contributed by atoms with Crippen LogP contribution in [0.2, 0.25) is 0 Å². The van der Waals surface area contributed by atoms with Crippen molar-refractivity contribution >= 4 is 0 Å². The number of nitrogens with one attached hydrogen (secondary N) is 3. The molecule has 0 aromatic rings. The summed E-state index contributed by atoms with van der Waals surface area (Å²) in [7, 11) is 0. The zero-order chi connectivity index (χ0) is 13.3. The Balaban J connectivity index is 0.00000200. The quantitative estimate of drug-likeness (QED) is 0.363. The zero-order valence-corrected chi connectivity index (χ0v) is 14.2. The van der Waals surface area contributed by atoms with E-state index in [-0.39, 0.29) is 37.4 Å². The topological polar surface area (TPSA) is 59.6 Å². The first-order chi connectivity index (χ1) is 9.38. The molecule has 2 fully saturated rings. The Hall–Kier alpha value is 0.687. The van der Waals surface area contributed by atoms with E-state index in [1.165, 1.54) is 12.8 Å². The van der Waals surface area contributed by atoms with Crippen LogP contribution < -0.4 is 47.2 Å². The van der Waals surface area contributed by atoms with Gasteiger partial charge in [-0.3, -0.25) is 4.90 Å². The molecular weight excluding hydrogens is 283 g/mol. The second-order valence-corrected chi connectivity index (χ2v) is 5.71. The third-order valence-corrected chi connectivity index (χ3v) is 4.27. The normalized spacial score (nSPS) is 30.1. The summed E-state index contributed by atoms with van der Waals surface area (Å²) in [6.07, 6.45) is 4.47. The molecule has 1 saturated carbocycles.